The predicted molar refractivity (Wildman–Crippen MR) is 126 cm³/mol. The van der Waals surface area contributed by atoms with Crippen LogP contribution in [0.2, 0.25) is 0 Å². The molecule has 0 bridgehead atoms. The van der Waals surface area contributed by atoms with Crippen LogP contribution in [0.4, 0.5) is 0 Å². The van der Waals surface area contributed by atoms with E-state index in [9.17, 15) is 9.59 Å². The Balaban J connectivity index is 1.56. The molecule has 0 saturated heterocycles. The van der Waals surface area contributed by atoms with E-state index >= 15 is 0 Å². The maximum atomic E-state index is 13.4. The Labute approximate surface area is 190 Å². The van der Waals surface area contributed by atoms with Gasteiger partial charge < -0.3 is 10.1 Å². The molecule has 1 aromatic carbocycles. The summed E-state index contributed by atoms with van der Waals surface area (Å²) in [6, 6.07) is 9.78. The van der Waals surface area contributed by atoms with Crippen LogP contribution in [0.1, 0.15) is 41.8 Å². The molecule has 3 aromatic rings. The standard InChI is InChI=1S/C23H27N3O3S2/c1-15(16-8-4-3-5-9-16)24-19(27)14-30-23-25-21-20(22(28)26(23)12-13-29-2)17-10-6-7-11-18(17)31-21/h3-5,8-9,15H,6-7,10-14H2,1-2H3,(H,24,27). The fraction of sp³-hybridized carbons (Fsp3) is 0.435. The van der Waals surface area contributed by atoms with Gasteiger partial charge in [0.1, 0.15) is 4.83 Å². The Morgan fingerprint density at radius 3 is 2.84 bits per heavy atom. The number of fused-ring (bicyclic) bond motifs is 3. The largest absolute Gasteiger partial charge is 0.383 e. The first-order chi connectivity index (χ1) is 15.1. The van der Waals surface area contributed by atoms with Crippen LogP contribution >= 0.6 is 23.1 Å². The molecule has 1 aliphatic rings. The van der Waals surface area contributed by atoms with E-state index in [0.29, 0.717) is 18.3 Å². The van der Waals surface area contributed by atoms with Crippen LogP contribution in [-0.2, 0) is 28.9 Å². The molecular formula is C23H27N3O3S2. The lowest BCUT2D eigenvalue weighted by Gasteiger charge is -2.15. The molecule has 0 saturated carbocycles. The van der Waals surface area contributed by atoms with Gasteiger partial charge in [0.2, 0.25) is 5.91 Å². The topological polar surface area (TPSA) is 73.2 Å². The van der Waals surface area contributed by atoms with Crippen molar-refractivity contribution in [1.82, 2.24) is 14.9 Å². The lowest BCUT2D eigenvalue weighted by molar-refractivity contribution is -0.119. The number of aromatic nitrogens is 2. The van der Waals surface area contributed by atoms with Gasteiger partial charge in [-0.1, -0.05) is 42.1 Å². The number of amides is 1. The van der Waals surface area contributed by atoms with Gasteiger partial charge in [0.05, 0.1) is 30.3 Å². The number of methoxy groups -OCH3 is 1. The Kier molecular flexibility index (Phi) is 7.09. The van der Waals surface area contributed by atoms with E-state index < -0.39 is 0 Å². The van der Waals surface area contributed by atoms with Crippen LogP contribution in [0.25, 0.3) is 10.2 Å². The second kappa shape index (κ2) is 9.97. The maximum absolute atomic E-state index is 13.4. The van der Waals surface area contributed by atoms with Gasteiger partial charge in [-0.05, 0) is 43.7 Å². The summed E-state index contributed by atoms with van der Waals surface area (Å²) >= 11 is 2.94. The Hall–Kier alpha value is -2.16. The Morgan fingerprint density at radius 2 is 2.06 bits per heavy atom. The molecule has 0 radical (unpaired) electrons. The third-order valence-electron chi connectivity index (χ3n) is 5.57. The zero-order valence-corrected chi connectivity index (χ0v) is 19.5. The predicted octanol–water partition coefficient (Wildman–Crippen LogP) is 3.95. The van der Waals surface area contributed by atoms with Crippen molar-refractivity contribution in [2.75, 3.05) is 19.5 Å². The van der Waals surface area contributed by atoms with Gasteiger partial charge in [-0.2, -0.15) is 0 Å². The Morgan fingerprint density at radius 1 is 1.29 bits per heavy atom. The summed E-state index contributed by atoms with van der Waals surface area (Å²) < 4.78 is 6.89. The minimum atomic E-state index is -0.0838. The number of aryl methyl sites for hydroxylation is 2. The fourth-order valence-corrected chi connectivity index (χ4v) is 6.09. The molecule has 1 N–H and O–H groups in total. The second-order valence-corrected chi connectivity index (χ2v) is 9.75. The van der Waals surface area contributed by atoms with Crippen molar-refractivity contribution in [3.8, 4) is 0 Å². The first-order valence-electron chi connectivity index (χ1n) is 10.6. The quantitative estimate of drug-likeness (QED) is 0.410. The monoisotopic (exact) mass is 457 g/mol. The normalized spacial score (nSPS) is 14.4. The van der Waals surface area contributed by atoms with Crippen molar-refractivity contribution in [3.05, 3.63) is 56.7 Å². The van der Waals surface area contributed by atoms with Crippen LogP contribution in [0.5, 0.6) is 0 Å². The lowest BCUT2D eigenvalue weighted by Crippen LogP contribution is -2.29. The number of nitrogens with one attached hydrogen (secondary N) is 1. The summed E-state index contributed by atoms with van der Waals surface area (Å²) in [5.74, 6) is 0.118. The molecule has 1 aliphatic carbocycles. The molecule has 2 heterocycles. The summed E-state index contributed by atoms with van der Waals surface area (Å²) in [6.07, 6.45) is 4.25. The maximum Gasteiger partial charge on any atom is 0.263 e. The molecule has 8 heteroatoms. The molecule has 31 heavy (non-hydrogen) atoms. The third kappa shape index (κ3) is 4.86. The van der Waals surface area contributed by atoms with E-state index in [-0.39, 0.29) is 23.3 Å². The molecule has 0 spiro atoms. The Bertz CT molecular complexity index is 1120. The number of carbonyl (C=O) groups excluding carboxylic acids is 1. The molecule has 2 aromatic heterocycles. The zero-order chi connectivity index (χ0) is 21.8. The smallest absolute Gasteiger partial charge is 0.263 e. The summed E-state index contributed by atoms with van der Waals surface area (Å²) in [6.45, 7) is 2.81. The average molecular weight is 458 g/mol. The summed E-state index contributed by atoms with van der Waals surface area (Å²) in [5.41, 5.74) is 2.23. The number of thioether (sulfide) groups is 1. The van der Waals surface area contributed by atoms with E-state index in [1.807, 2.05) is 37.3 Å². The molecule has 4 rings (SSSR count). The molecule has 1 atom stereocenters. The molecule has 0 aliphatic heterocycles. The van der Waals surface area contributed by atoms with Crippen LogP contribution < -0.4 is 10.9 Å². The number of benzene rings is 1. The zero-order valence-electron chi connectivity index (χ0n) is 17.8. The van der Waals surface area contributed by atoms with E-state index in [1.54, 1.807) is 23.0 Å². The minimum Gasteiger partial charge on any atom is -0.383 e. The van der Waals surface area contributed by atoms with Gasteiger partial charge in [-0.3, -0.25) is 14.2 Å². The van der Waals surface area contributed by atoms with E-state index in [0.717, 1.165) is 35.0 Å². The number of nitrogens with zero attached hydrogens (tertiary/aromatic N) is 2. The first-order valence-corrected chi connectivity index (χ1v) is 12.4. The van der Waals surface area contributed by atoms with E-state index in [1.165, 1.54) is 28.6 Å². The fourth-order valence-electron chi connectivity index (χ4n) is 3.95. The molecule has 164 valence electrons. The van der Waals surface area contributed by atoms with Crippen LogP contribution in [0.3, 0.4) is 0 Å². The highest BCUT2D eigenvalue weighted by Crippen LogP contribution is 2.34. The van der Waals surface area contributed by atoms with Crippen molar-refractivity contribution in [2.24, 2.45) is 0 Å². The highest BCUT2D eigenvalue weighted by atomic mass is 32.2. The highest BCUT2D eigenvalue weighted by Gasteiger charge is 2.22. The van der Waals surface area contributed by atoms with Crippen molar-refractivity contribution in [2.45, 2.75) is 50.4 Å². The minimum absolute atomic E-state index is 0.0120. The number of thiophene rings is 1. The molecular weight excluding hydrogens is 430 g/mol. The molecule has 1 amide bonds. The molecule has 6 nitrogen and oxygen atoms in total. The van der Waals surface area contributed by atoms with Gasteiger partial charge in [-0.25, -0.2) is 4.98 Å². The van der Waals surface area contributed by atoms with Crippen molar-refractivity contribution in [1.29, 1.82) is 0 Å². The third-order valence-corrected chi connectivity index (χ3v) is 7.73. The van der Waals surface area contributed by atoms with Crippen LogP contribution in [0, 0.1) is 0 Å². The molecule has 1 unspecified atom stereocenters. The van der Waals surface area contributed by atoms with Crippen molar-refractivity contribution in [3.63, 3.8) is 0 Å². The van der Waals surface area contributed by atoms with Gasteiger partial charge in [0, 0.05) is 12.0 Å². The van der Waals surface area contributed by atoms with Gasteiger partial charge >= 0.3 is 0 Å². The SMILES string of the molecule is COCCn1c(SCC(=O)NC(C)c2ccccc2)nc2sc3c(c2c1=O)CCCC3. The number of carbonyl (C=O) groups is 1. The van der Waals surface area contributed by atoms with Crippen LogP contribution in [-0.4, -0.2) is 34.9 Å². The van der Waals surface area contributed by atoms with Crippen molar-refractivity contribution >= 4 is 39.2 Å². The summed E-state index contributed by atoms with van der Waals surface area (Å²) in [5, 5.41) is 4.37. The summed E-state index contributed by atoms with van der Waals surface area (Å²) in [4.78, 5) is 32.8. The first kappa shape index (κ1) is 22.0. The number of rotatable bonds is 8. The lowest BCUT2D eigenvalue weighted by atomic mass is 9.97. The van der Waals surface area contributed by atoms with Gasteiger partial charge in [0.25, 0.3) is 5.56 Å². The van der Waals surface area contributed by atoms with Gasteiger partial charge in [0.15, 0.2) is 5.16 Å². The van der Waals surface area contributed by atoms with Crippen LogP contribution in [0.15, 0.2) is 40.3 Å². The average Bonchev–Trinajstić information content (AvgIpc) is 3.16. The number of ether oxygens (including phenoxy) is 1. The number of hydrogen-bond donors (Lipinski definition) is 1. The second-order valence-electron chi connectivity index (χ2n) is 7.72. The number of hydrogen-bond acceptors (Lipinski definition) is 6. The van der Waals surface area contributed by atoms with E-state index in [2.05, 4.69) is 5.32 Å². The summed E-state index contributed by atoms with van der Waals surface area (Å²) in [7, 11) is 1.62. The van der Waals surface area contributed by atoms with Crippen molar-refractivity contribution < 1.29 is 9.53 Å². The molecule has 0 fully saturated rings. The van der Waals surface area contributed by atoms with E-state index in [4.69, 9.17) is 9.72 Å². The van der Waals surface area contributed by atoms with Gasteiger partial charge in [-0.15, -0.1) is 11.3 Å². The highest BCUT2D eigenvalue weighted by molar-refractivity contribution is 7.99.